The van der Waals surface area contributed by atoms with Crippen LogP contribution in [0.15, 0.2) is 12.4 Å². The second kappa shape index (κ2) is 6.20. The first kappa shape index (κ1) is 15.2. The maximum absolute atomic E-state index is 12.6. The Morgan fingerprint density at radius 1 is 1.41 bits per heavy atom. The fourth-order valence-electron chi connectivity index (χ4n) is 3.22. The maximum atomic E-state index is 12.6. The molecule has 0 aromatic carbocycles. The second-order valence-electron chi connectivity index (χ2n) is 6.47. The quantitative estimate of drug-likeness (QED) is 0.915. The third kappa shape index (κ3) is 3.21. The summed E-state index contributed by atoms with van der Waals surface area (Å²) in [7, 11) is 0. The first-order valence-electron chi connectivity index (χ1n) is 8.05. The number of hydrogen-bond donors (Lipinski definition) is 1. The Kier molecular flexibility index (Phi) is 4.29. The first-order valence-corrected chi connectivity index (χ1v) is 8.05. The Balaban J connectivity index is 1.69. The van der Waals surface area contributed by atoms with Crippen LogP contribution in [-0.2, 0) is 9.53 Å². The molecular formula is C16H24N4O2. The lowest BCUT2D eigenvalue weighted by molar-refractivity contribution is -0.147. The van der Waals surface area contributed by atoms with Gasteiger partial charge in [0, 0.05) is 24.3 Å². The molecule has 1 aliphatic heterocycles. The Bertz CT molecular complexity index is 545. The molecule has 0 bridgehead atoms. The van der Waals surface area contributed by atoms with Crippen LogP contribution in [0.25, 0.3) is 0 Å². The third-order valence-corrected chi connectivity index (χ3v) is 4.56. The molecular weight excluding hydrogens is 280 g/mol. The molecule has 1 saturated carbocycles. The number of rotatable bonds is 3. The Morgan fingerprint density at radius 3 is 2.91 bits per heavy atom. The standard InChI is InChI=1S/C16H24N4O2/c1-12-9-14(18-11-17-12)20-7-8-22-16(2,10-20)15(21)19-13-5-3-4-6-13/h9,11,13H,3-8,10H2,1-2H3,(H,19,21)/t16-/m1/s1. The smallest absolute Gasteiger partial charge is 0.254 e. The van der Waals surface area contributed by atoms with Gasteiger partial charge in [0.15, 0.2) is 5.60 Å². The molecule has 1 atom stereocenters. The maximum Gasteiger partial charge on any atom is 0.254 e. The van der Waals surface area contributed by atoms with E-state index in [1.165, 1.54) is 12.8 Å². The number of nitrogens with zero attached hydrogens (tertiary/aromatic N) is 3. The van der Waals surface area contributed by atoms with Crippen LogP contribution < -0.4 is 10.2 Å². The molecule has 1 N–H and O–H groups in total. The number of anilines is 1. The van der Waals surface area contributed by atoms with Gasteiger partial charge in [-0.15, -0.1) is 0 Å². The number of carbonyl (C=O) groups is 1. The van der Waals surface area contributed by atoms with E-state index in [1.54, 1.807) is 6.33 Å². The van der Waals surface area contributed by atoms with Crippen LogP contribution in [0.2, 0.25) is 0 Å². The van der Waals surface area contributed by atoms with Gasteiger partial charge < -0.3 is 15.0 Å². The van der Waals surface area contributed by atoms with Gasteiger partial charge in [0.05, 0.1) is 13.2 Å². The van der Waals surface area contributed by atoms with Crippen LogP contribution >= 0.6 is 0 Å². The number of nitrogens with one attached hydrogen (secondary N) is 1. The molecule has 1 aromatic heterocycles. The molecule has 2 fully saturated rings. The van der Waals surface area contributed by atoms with Crippen LogP contribution in [-0.4, -0.2) is 47.2 Å². The number of amides is 1. The number of aromatic nitrogens is 2. The van der Waals surface area contributed by atoms with Crippen molar-refractivity contribution >= 4 is 11.7 Å². The average molecular weight is 304 g/mol. The van der Waals surface area contributed by atoms with E-state index in [-0.39, 0.29) is 5.91 Å². The van der Waals surface area contributed by atoms with Crippen molar-refractivity contribution in [3.8, 4) is 0 Å². The predicted octanol–water partition coefficient (Wildman–Crippen LogP) is 1.44. The zero-order valence-corrected chi connectivity index (χ0v) is 13.3. The van der Waals surface area contributed by atoms with Gasteiger partial charge in [-0.2, -0.15) is 0 Å². The van der Waals surface area contributed by atoms with Crippen molar-refractivity contribution < 1.29 is 9.53 Å². The van der Waals surface area contributed by atoms with Crippen molar-refractivity contribution in [1.29, 1.82) is 0 Å². The summed E-state index contributed by atoms with van der Waals surface area (Å²) in [4.78, 5) is 23.2. The van der Waals surface area contributed by atoms with Crippen molar-refractivity contribution in [3.63, 3.8) is 0 Å². The molecule has 120 valence electrons. The molecule has 0 radical (unpaired) electrons. The van der Waals surface area contributed by atoms with Gasteiger partial charge in [-0.3, -0.25) is 4.79 Å². The zero-order valence-electron chi connectivity index (χ0n) is 13.3. The van der Waals surface area contributed by atoms with Crippen molar-refractivity contribution in [1.82, 2.24) is 15.3 Å². The summed E-state index contributed by atoms with van der Waals surface area (Å²) in [6, 6.07) is 2.25. The van der Waals surface area contributed by atoms with Crippen molar-refractivity contribution in [2.75, 3.05) is 24.6 Å². The highest BCUT2D eigenvalue weighted by Crippen LogP contribution is 2.24. The van der Waals surface area contributed by atoms with E-state index < -0.39 is 5.60 Å². The Labute approximate surface area is 131 Å². The number of ether oxygens (including phenoxy) is 1. The molecule has 1 aromatic rings. The molecule has 2 heterocycles. The van der Waals surface area contributed by atoms with Crippen molar-refractivity contribution in [2.24, 2.45) is 0 Å². The van der Waals surface area contributed by atoms with Gasteiger partial charge in [-0.25, -0.2) is 9.97 Å². The number of aryl methyl sites for hydroxylation is 1. The van der Waals surface area contributed by atoms with Gasteiger partial charge in [0.2, 0.25) is 0 Å². The SMILES string of the molecule is Cc1cc(N2CCO[C@@](C)(C(=O)NC3CCCC3)C2)ncn1. The third-order valence-electron chi connectivity index (χ3n) is 4.56. The molecule has 22 heavy (non-hydrogen) atoms. The summed E-state index contributed by atoms with van der Waals surface area (Å²) in [5.41, 5.74) is 0.105. The zero-order chi connectivity index (χ0) is 15.6. The lowest BCUT2D eigenvalue weighted by Gasteiger charge is -2.40. The minimum absolute atomic E-state index is 0.00474. The van der Waals surface area contributed by atoms with E-state index in [4.69, 9.17) is 4.74 Å². The summed E-state index contributed by atoms with van der Waals surface area (Å²) in [6.45, 7) is 5.59. The highest BCUT2D eigenvalue weighted by Gasteiger charge is 2.40. The number of morpholine rings is 1. The molecule has 1 saturated heterocycles. The number of carbonyl (C=O) groups excluding carboxylic acids is 1. The van der Waals surface area contributed by atoms with E-state index in [1.807, 2.05) is 19.9 Å². The van der Waals surface area contributed by atoms with Crippen LogP contribution in [0.3, 0.4) is 0 Å². The van der Waals surface area contributed by atoms with Gasteiger partial charge >= 0.3 is 0 Å². The molecule has 3 rings (SSSR count). The molecule has 0 unspecified atom stereocenters. The fraction of sp³-hybridized carbons (Fsp3) is 0.688. The predicted molar refractivity (Wildman–Crippen MR) is 83.7 cm³/mol. The molecule has 2 aliphatic rings. The molecule has 1 amide bonds. The first-order chi connectivity index (χ1) is 10.6. The summed E-state index contributed by atoms with van der Waals surface area (Å²) >= 11 is 0. The molecule has 0 spiro atoms. The van der Waals surface area contributed by atoms with Crippen LogP contribution in [0, 0.1) is 6.92 Å². The highest BCUT2D eigenvalue weighted by atomic mass is 16.5. The lowest BCUT2D eigenvalue weighted by atomic mass is 10.0. The van der Waals surface area contributed by atoms with E-state index in [9.17, 15) is 4.79 Å². The van der Waals surface area contributed by atoms with E-state index in [0.29, 0.717) is 19.2 Å². The van der Waals surface area contributed by atoms with Gasteiger partial charge in [-0.05, 0) is 26.7 Å². The van der Waals surface area contributed by atoms with Crippen LogP contribution in [0.1, 0.15) is 38.3 Å². The summed E-state index contributed by atoms with van der Waals surface area (Å²) in [5.74, 6) is 0.852. The van der Waals surface area contributed by atoms with E-state index in [2.05, 4.69) is 20.2 Å². The van der Waals surface area contributed by atoms with Crippen LogP contribution in [0.5, 0.6) is 0 Å². The Hall–Kier alpha value is -1.69. The van der Waals surface area contributed by atoms with Crippen molar-refractivity contribution in [3.05, 3.63) is 18.1 Å². The monoisotopic (exact) mass is 304 g/mol. The van der Waals surface area contributed by atoms with Gasteiger partial charge in [0.1, 0.15) is 12.1 Å². The van der Waals surface area contributed by atoms with Gasteiger partial charge in [0.25, 0.3) is 5.91 Å². The second-order valence-corrected chi connectivity index (χ2v) is 6.47. The summed E-state index contributed by atoms with van der Waals surface area (Å²) in [6.07, 6.45) is 6.13. The largest absolute Gasteiger partial charge is 0.362 e. The fourth-order valence-corrected chi connectivity index (χ4v) is 3.22. The Morgan fingerprint density at radius 2 is 2.18 bits per heavy atom. The molecule has 1 aliphatic carbocycles. The van der Waals surface area contributed by atoms with Crippen molar-refractivity contribution in [2.45, 2.75) is 51.2 Å². The normalized spacial score (nSPS) is 26.2. The van der Waals surface area contributed by atoms with E-state index >= 15 is 0 Å². The van der Waals surface area contributed by atoms with Gasteiger partial charge in [-0.1, -0.05) is 12.8 Å². The minimum atomic E-state index is -0.820. The summed E-state index contributed by atoms with van der Waals surface area (Å²) in [5, 5.41) is 3.15. The highest BCUT2D eigenvalue weighted by molar-refractivity contribution is 5.86. The topological polar surface area (TPSA) is 67.3 Å². The summed E-state index contributed by atoms with van der Waals surface area (Å²) < 4.78 is 5.82. The molecule has 6 nitrogen and oxygen atoms in total. The molecule has 6 heteroatoms. The average Bonchev–Trinajstić information content (AvgIpc) is 3.00. The number of hydrogen-bond acceptors (Lipinski definition) is 5. The van der Waals surface area contributed by atoms with Crippen LogP contribution in [0.4, 0.5) is 5.82 Å². The van der Waals surface area contributed by atoms with E-state index in [0.717, 1.165) is 30.9 Å². The lowest BCUT2D eigenvalue weighted by Crippen LogP contribution is -2.59. The minimum Gasteiger partial charge on any atom is -0.362 e.